The van der Waals surface area contributed by atoms with Crippen molar-refractivity contribution in [3.63, 3.8) is 0 Å². The zero-order chi connectivity index (χ0) is 13.0. The smallest absolute Gasteiger partial charge is 0.103 e. The van der Waals surface area contributed by atoms with E-state index in [1.54, 1.807) is 6.26 Å². The van der Waals surface area contributed by atoms with Crippen molar-refractivity contribution in [1.82, 2.24) is 15.5 Å². The second-order valence-electron chi connectivity index (χ2n) is 4.81. The molecule has 0 saturated carbocycles. The van der Waals surface area contributed by atoms with Gasteiger partial charge in [-0.25, -0.2) is 0 Å². The third-order valence-corrected chi connectivity index (χ3v) is 3.31. The summed E-state index contributed by atoms with van der Waals surface area (Å²) in [5, 5.41) is 10.7. The van der Waals surface area contributed by atoms with Crippen LogP contribution >= 0.6 is 0 Å². The van der Waals surface area contributed by atoms with Crippen LogP contribution < -0.4 is 5.32 Å². The first kappa shape index (κ1) is 12.9. The molecule has 18 heavy (non-hydrogen) atoms. The maximum absolute atomic E-state index is 5.33. The van der Waals surface area contributed by atoms with Crippen LogP contribution in [0, 0.1) is 13.8 Å². The van der Waals surface area contributed by atoms with Crippen molar-refractivity contribution in [2.24, 2.45) is 0 Å². The number of aryl methyl sites for hydroxylation is 3. The second kappa shape index (κ2) is 5.87. The first-order chi connectivity index (χ1) is 8.66. The molecule has 0 radical (unpaired) electrons. The van der Waals surface area contributed by atoms with Crippen LogP contribution in [0.3, 0.4) is 0 Å². The number of furan rings is 1. The summed E-state index contributed by atoms with van der Waals surface area (Å²) in [5.41, 5.74) is 3.51. The predicted molar refractivity (Wildman–Crippen MR) is 71.4 cm³/mol. The summed E-state index contributed by atoms with van der Waals surface area (Å²) in [7, 11) is 0. The zero-order valence-electron chi connectivity index (χ0n) is 11.3. The molecule has 0 aliphatic heterocycles. The lowest BCUT2D eigenvalue weighted by Crippen LogP contribution is -2.26. The van der Waals surface area contributed by atoms with Crippen LogP contribution in [-0.2, 0) is 13.0 Å². The van der Waals surface area contributed by atoms with Crippen molar-refractivity contribution in [3.05, 3.63) is 41.1 Å². The van der Waals surface area contributed by atoms with Crippen molar-refractivity contribution >= 4 is 0 Å². The topological polar surface area (TPSA) is 53.9 Å². The van der Waals surface area contributed by atoms with E-state index >= 15 is 0 Å². The van der Waals surface area contributed by atoms with Gasteiger partial charge in [-0.2, -0.15) is 5.10 Å². The second-order valence-corrected chi connectivity index (χ2v) is 4.81. The van der Waals surface area contributed by atoms with Gasteiger partial charge in [0, 0.05) is 30.3 Å². The van der Waals surface area contributed by atoms with Gasteiger partial charge in [0.2, 0.25) is 0 Å². The highest BCUT2D eigenvalue weighted by Gasteiger charge is 2.08. The lowest BCUT2D eigenvalue weighted by Gasteiger charge is -2.13. The molecule has 98 valence electrons. The van der Waals surface area contributed by atoms with E-state index in [2.05, 4.69) is 29.4 Å². The minimum atomic E-state index is 0.462. The van der Waals surface area contributed by atoms with E-state index in [1.807, 2.05) is 19.1 Å². The summed E-state index contributed by atoms with van der Waals surface area (Å²) < 4.78 is 5.33. The molecule has 0 bridgehead atoms. The Morgan fingerprint density at radius 3 is 2.89 bits per heavy atom. The van der Waals surface area contributed by atoms with Crippen molar-refractivity contribution in [2.75, 3.05) is 0 Å². The molecule has 2 aromatic rings. The van der Waals surface area contributed by atoms with Crippen LogP contribution in [0.1, 0.15) is 36.1 Å². The molecule has 4 heteroatoms. The molecule has 0 fully saturated rings. The molecule has 0 saturated heterocycles. The number of aromatic amines is 1. The monoisotopic (exact) mass is 247 g/mol. The number of hydrogen-bond acceptors (Lipinski definition) is 3. The molecule has 2 N–H and O–H groups in total. The lowest BCUT2D eigenvalue weighted by molar-refractivity contribution is 0.459. The number of H-pyrrole nitrogens is 1. The van der Waals surface area contributed by atoms with Crippen molar-refractivity contribution < 1.29 is 4.42 Å². The van der Waals surface area contributed by atoms with Crippen LogP contribution in [0.2, 0.25) is 0 Å². The summed E-state index contributed by atoms with van der Waals surface area (Å²) >= 11 is 0. The van der Waals surface area contributed by atoms with Crippen LogP contribution in [0.4, 0.5) is 0 Å². The minimum absolute atomic E-state index is 0.462. The highest BCUT2D eigenvalue weighted by atomic mass is 16.3. The summed E-state index contributed by atoms with van der Waals surface area (Å²) in [5.74, 6) is 1.05. The fourth-order valence-electron chi connectivity index (χ4n) is 2.03. The third kappa shape index (κ3) is 3.23. The van der Waals surface area contributed by atoms with Gasteiger partial charge in [0.15, 0.2) is 0 Å². The van der Waals surface area contributed by atoms with Crippen molar-refractivity contribution in [2.45, 2.75) is 46.2 Å². The Kier molecular flexibility index (Phi) is 4.20. The normalized spacial score (nSPS) is 12.8. The van der Waals surface area contributed by atoms with Gasteiger partial charge < -0.3 is 9.73 Å². The number of nitrogens with one attached hydrogen (secondary N) is 2. The van der Waals surface area contributed by atoms with E-state index in [9.17, 15) is 0 Å². The molecule has 0 aliphatic carbocycles. The van der Waals surface area contributed by atoms with Crippen molar-refractivity contribution in [3.8, 4) is 0 Å². The summed E-state index contributed by atoms with van der Waals surface area (Å²) in [6.07, 6.45) is 3.78. The zero-order valence-corrected chi connectivity index (χ0v) is 11.3. The summed E-state index contributed by atoms with van der Waals surface area (Å²) in [4.78, 5) is 0. The summed E-state index contributed by atoms with van der Waals surface area (Å²) in [6.45, 7) is 7.17. The van der Waals surface area contributed by atoms with E-state index in [4.69, 9.17) is 4.42 Å². The number of nitrogens with zero attached hydrogens (tertiary/aromatic N) is 1. The Morgan fingerprint density at radius 1 is 1.44 bits per heavy atom. The molecule has 0 aromatic carbocycles. The van der Waals surface area contributed by atoms with Gasteiger partial charge in [0.25, 0.3) is 0 Å². The lowest BCUT2D eigenvalue weighted by atomic mass is 10.1. The SMILES string of the molecule is Cc1n[nH]c(C)c1CNC(C)CCc1ccco1. The fourth-order valence-corrected chi connectivity index (χ4v) is 2.03. The highest BCUT2D eigenvalue weighted by molar-refractivity contribution is 5.22. The average Bonchev–Trinajstić information content (AvgIpc) is 2.96. The molecule has 1 atom stereocenters. The highest BCUT2D eigenvalue weighted by Crippen LogP contribution is 2.10. The molecule has 2 aromatic heterocycles. The van der Waals surface area contributed by atoms with Crippen LogP contribution in [0.5, 0.6) is 0 Å². The van der Waals surface area contributed by atoms with Gasteiger partial charge in [-0.15, -0.1) is 0 Å². The van der Waals surface area contributed by atoms with Gasteiger partial charge in [-0.3, -0.25) is 5.10 Å². The average molecular weight is 247 g/mol. The fraction of sp³-hybridized carbons (Fsp3) is 0.500. The Balaban J connectivity index is 1.76. The quantitative estimate of drug-likeness (QED) is 0.825. The Bertz CT molecular complexity index is 454. The Labute approximate surface area is 108 Å². The van der Waals surface area contributed by atoms with E-state index in [-0.39, 0.29) is 0 Å². The number of rotatable bonds is 6. The van der Waals surface area contributed by atoms with E-state index in [0.29, 0.717) is 6.04 Å². The van der Waals surface area contributed by atoms with Crippen LogP contribution in [0.15, 0.2) is 22.8 Å². The molecule has 2 heterocycles. The van der Waals surface area contributed by atoms with E-state index < -0.39 is 0 Å². The molecule has 1 unspecified atom stereocenters. The van der Waals surface area contributed by atoms with E-state index in [0.717, 1.165) is 36.5 Å². The van der Waals surface area contributed by atoms with Gasteiger partial charge in [0.1, 0.15) is 5.76 Å². The largest absolute Gasteiger partial charge is 0.469 e. The van der Waals surface area contributed by atoms with Gasteiger partial charge in [0.05, 0.1) is 12.0 Å². The minimum Gasteiger partial charge on any atom is -0.469 e. The molecular formula is C14H21N3O. The third-order valence-electron chi connectivity index (χ3n) is 3.31. The van der Waals surface area contributed by atoms with E-state index in [1.165, 1.54) is 5.56 Å². The molecule has 0 aliphatic rings. The number of aromatic nitrogens is 2. The van der Waals surface area contributed by atoms with Crippen LogP contribution in [-0.4, -0.2) is 16.2 Å². The van der Waals surface area contributed by atoms with Crippen molar-refractivity contribution in [1.29, 1.82) is 0 Å². The van der Waals surface area contributed by atoms with Crippen LogP contribution in [0.25, 0.3) is 0 Å². The maximum atomic E-state index is 5.33. The van der Waals surface area contributed by atoms with Gasteiger partial charge >= 0.3 is 0 Å². The molecule has 0 amide bonds. The molecule has 2 rings (SSSR count). The summed E-state index contributed by atoms with van der Waals surface area (Å²) in [6, 6.07) is 4.42. The molecular weight excluding hydrogens is 226 g/mol. The predicted octanol–water partition coefficient (Wildman–Crippen LogP) is 2.73. The van der Waals surface area contributed by atoms with Gasteiger partial charge in [-0.1, -0.05) is 0 Å². The Morgan fingerprint density at radius 2 is 2.28 bits per heavy atom. The first-order valence-electron chi connectivity index (χ1n) is 6.43. The molecule has 4 nitrogen and oxygen atoms in total. The number of hydrogen-bond donors (Lipinski definition) is 2. The van der Waals surface area contributed by atoms with Gasteiger partial charge in [-0.05, 0) is 39.3 Å². The Hall–Kier alpha value is -1.55. The molecule has 0 spiro atoms. The standard InChI is InChI=1S/C14H21N3O/c1-10(6-7-13-5-4-8-18-13)15-9-14-11(2)16-17-12(14)3/h4-5,8,10,15H,6-7,9H2,1-3H3,(H,16,17). The maximum Gasteiger partial charge on any atom is 0.103 e. The first-order valence-corrected chi connectivity index (χ1v) is 6.43.